The Bertz CT molecular complexity index is 598. The van der Waals surface area contributed by atoms with E-state index < -0.39 is 0 Å². The molecule has 0 aromatic heterocycles. The summed E-state index contributed by atoms with van der Waals surface area (Å²) >= 11 is 18.1. The van der Waals surface area contributed by atoms with Gasteiger partial charge in [0.1, 0.15) is 0 Å². The van der Waals surface area contributed by atoms with Crippen LogP contribution in [0.1, 0.15) is 30.5 Å². The minimum Gasteiger partial charge on any atom is -0.310 e. The molecule has 0 aliphatic carbocycles. The van der Waals surface area contributed by atoms with E-state index >= 15 is 0 Å². The van der Waals surface area contributed by atoms with Crippen LogP contribution >= 0.6 is 34.8 Å². The fourth-order valence-electron chi connectivity index (χ4n) is 2.33. The van der Waals surface area contributed by atoms with Gasteiger partial charge in [-0.3, -0.25) is 0 Å². The predicted octanol–water partition coefficient (Wildman–Crippen LogP) is 5.93. The van der Waals surface area contributed by atoms with Gasteiger partial charge in [-0.25, -0.2) is 0 Å². The summed E-state index contributed by atoms with van der Waals surface area (Å²) in [4.78, 5) is 0. The lowest BCUT2D eigenvalue weighted by atomic mass is 10.0. The maximum atomic E-state index is 6.19. The second kappa shape index (κ2) is 8.05. The van der Waals surface area contributed by atoms with E-state index in [-0.39, 0.29) is 0 Å². The molecule has 1 N–H and O–H groups in total. The normalized spacial score (nSPS) is 12.4. The Balaban J connectivity index is 1.94. The second-order valence-corrected chi connectivity index (χ2v) is 6.24. The van der Waals surface area contributed by atoms with Gasteiger partial charge in [0.05, 0.1) is 0 Å². The highest BCUT2D eigenvalue weighted by molar-refractivity contribution is 6.35. The molecule has 0 radical (unpaired) electrons. The van der Waals surface area contributed by atoms with Gasteiger partial charge in [0.15, 0.2) is 0 Å². The summed E-state index contributed by atoms with van der Waals surface area (Å²) < 4.78 is 0. The van der Waals surface area contributed by atoms with Gasteiger partial charge in [0.2, 0.25) is 0 Å². The molecule has 0 saturated carbocycles. The molecule has 1 atom stereocenters. The molecule has 4 heteroatoms. The zero-order chi connectivity index (χ0) is 15.2. The molecule has 0 bridgehead atoms. The largest absolute Gasteiger partial charge is 0.310 e. The average Bonchev–Trinajstić information content (AvgIpc) is 2.45. The molecule has 1 unspecified atom stereocenters. The minimum absolute atomic E-state index is 0.301. The smallest absolute Gasteiger partial charge is 0.0453 e. The van der Waals surface area contributed by atoms with E-state index in [4.69, 9.17) is 34.8 Å². The monoisotopic (exact) mass is 341 g/mol. The first kappa shape index (κ1) is 16.6. The molecule has 21 heavy (non-hydrogen) atoms. The topological polar surface area (TPSA) is 12.0 Å². The summed E-state index contributed by atoms with van der Waals surface area (Å²) in [6.07, 6.45) is 1.88. The number of rotatable bonds is 6. The third kappa shape index (κ3) is 4.89. The van der Waals surface area contributed by atoms with Crippen molar-refractivity contribution in [2.45, 2.75) is 25.8 Å². The van der Waals surface area contributed by atoms with E-state index in [2.05, 4.69) is 18.3 Å². The number of nitrogens with one attached hydrogen (secondary N) is 1. The van der Waals surface area contributed by atoms with E-state index in [1.54, 1.807) is 6.07 Å². The molecule has 0 spiro atoms. The van der Waals surface area contributed by atoms with Crippen LogP contribution in [0.3, 0.4) is 0 Å². The van der Waals surface area contributed by atoms with Gasteiger partial charge in [-0.1, -0.05) is 59.9 Å². The molecule has 0 amide bonds. The number of hydrogen-bond acceptors (Lipinski definition) is 1. The average molecular weight is 343 g/mol. The molecule has 0 aliphatic heterocycles. The lowest BCUT2D eigenvalue weighted by molar-refractivity contribution is 0.523. The highest BCUT2D eigenvalue weighted by Crippen LogP contribution is 2.23. The lowest BCUT2D eigenvalue weighted by Gasteiger charge is -2.18. The van der Waals surface area contributed by atoms with Crippen LogP contribution in [-0.4, -0.2) is 6.54 Å². The van der Waals surface area contributed by atoms with Crippen LogP contribution in [0.25, 0.3) is 0 Å². The van der Waals surface area contributed by atoms with Crippen molar-refractivity contribution in [3.8, 4) is 0 Å². The van der Waals surface area contributed by atoms with Crippen molar-refractivity contribution in [2.24, 2.45) is 0 Å². The Labute approximate surface area is 141 Å². The maximum Gasteiger partial charge on any atom is 0.0453 e. The summed E-state index contributed by atoms with van der Waals surface area (Å²) in [6.45, 7) is 3.01. The molecule has 0 saturated heterocycles. The first-order chi connectivity index (χ1) is 10.1. The first-order valence-corrected chi connectivity index (χ1v) is 8.16. The molecule has 112 valence electrons. The maximum absolute atomic E-state index is 6.19. The van der Waals surface area contributed by atoms with E-state index in [0.29, 0.717) is 11.1 Å². The molecule has 0 aliphatic rings. The molecular formula is C17H18Cl3N. The lowest BCUT2D eigenvalue weighted by Crippen LogP contribution is -2.23. The fourth-order valence-corrected chi connectivity index (χ4v) is 3.03. The summed E-state index contributed by atoms with van der Waals surface area (Å²) in [5.41, 5.74) is 2.32. The van der Waals surface area contributed by atoms with Gasteiger partial charge < -0.3 is 5.32 Å². The molecule has 2 aromatic carbocycles. The van der Waals surface area contributed by atoms with Crippen molar-refractivity contribution in [3.63, 3.8) is 0 Å². The van der Waals surface area contributed by atoms with Crippen molar-refractivity contribution in [2.75, 3.05) is 6.54 Å². The summed E-state index contributed by atoms with van der Waals surface area (Å²) in [5.74, 6) is 0. The van der Waals surface area contributed by atoms with Crippen molar-refractivity contribution in [3.05, 3.63) is 68.7 Å². The van der Waals surface area contributed by atoms with Crippen LogP contribution in [0.15, 0.2) is 42.5 Å². The standard InChI is InChI=1S/C17H18Cl3N/c1-2-17(13-4-3-5-14(18)10-13)21-9-8-12-6-7-15(19)11-16(12)20/h3-7,10-11,17,21H,2,8-9H2,1H3. The van der Waals surface area contributed by atoms with Crippen LogP contribution in [0.2, 0.25) is 15.1 Å². The Morgan fingerprint density at radius 3 is 2.43 bits per heavy atom. The molecule has 0 heterocycles. The van der Waals surface area contributed by atoms with E-state index in [1.165, 1.54) is 5.56 Å². The van der Waals surface area contributed by atoms with Crippen LogP contribution in [0.5, 0.6) is 0 Å². The van der Waals surface area contributed by atoms with Crippen LogP contribution < -0.4 is 5.32 Å². The number of benzene rings is 2. The Kier molecular flexibility index (Phi) is 6.38. The van der Waals surface area contributed by atoms with E-state index in [1.807, 2.05) is 30.3 Å². The second-order valence-electron chi connectivity index (χ2n) is 4.96. The minimum atomic E-state index is 0.301. The zero-order valence-electron chi connectivity index (χ0n) is 11.9. The number of halogens is 3. The third-order valence-electron chi connectivity index (χ3n) is 3.46. The van der Waals surface area contributed by atoms with E-state index in [9.17, 15) is 0 Å². The van der Waals surface area contributed by atoms with Gasteiger partial charge in [0, 0.05) is 21.1 Å². The zero-order valence-corrected chi connectivity index (χ0v) is 14.1. The van der Waals surface area contributed by atoms with Crippen molar-refractivity contribution < 1.29 is 0 Å². The van der Waals surface area contributed by atoms with Gasteiger partial charge in [-0.15, -0.1) is 0 Å². The van der Waals surface area contributed by atoms with Gasteiger partial charge in [0.25, 0.3) is 0 Å². The van der Waals surface area contributed by atoms with Crippen molar-refractivity contribution in [1.29, 1.82) is 0 Å². The molecule has 0 fully saturated rings. The van der Waals surface area contributed by atoms with Crippen molar-refractivity contribution in [1.82, 2.24) is 5.32 Å². The Morgan fingerprint density at radius 2 is 1.76 bits per heavy atom. The van der Waals surface area contributed by atoms with Gasteiger partial charge in [-0.2, -0.15) is 0 Å². The number of hydrogen-bond donors (Lipinski definition) is 1. The summed E-state index contributed by atoms with van der Waals surface area (Å²) in [5, 5.41) is 5.72. The van der Waals surface area contributed by atoms with E-state index in [0.717, 1.165) is 35.0 Å². The van der Waals surface area contributed by atoms with Crippen LogP contribution in [-0.2, 0) is 6.42 Å². The Hall–Kier alpha value is -0.730. The van der Waals surface area contributed by atoms with Gasteiger partial charge >= 0.3 is 0 Å². The highest BCUT2D eigenvalue weighted by Gasteiger charge is 2.09. The van der Waals surface area contributed by atoms with Crippen LogP contribution in [0.4, 0.5) is 0 Å². The quantitative estimate of drug-likeness (QED) is 0.686. The molecule has 2 rings (SSSR count). The SMILES string of the molecule is CCC(NCCc1ccc(Cl)cc1Cl)c1cccc(Cl)c1. The Morgan fingerprint density at radius 1 is 1.00 bits per heavy atom. The third-order valence-corrected chi connectivity index (χ3v) is 4.28. The molecule has 2 aromatic rings. The van der Waals surface area contributed by atoms with Crippen molar-refractivity contribution >= 4 is 34.8 Å². The predicted molar refractivity (Wildman–Crippen MR) is 92.7 cm³/mol. The highest BCUT2D eigenvalue weighted by atomic mass is 35.5. The van der Waals surface area contributed by atoms with Crippen LogP contribution in [0, 0.1) is 0 Å². The molecular weight excluding hydrogens is 325 g/mol. The first-order valence-electron chi connectivity index (χ1n) is 7.03. The summed E-state index contributed by atoms with van der Waals surface area (Å²) in [6, 6.07) is 13.9. The molecule has 1 nitrogen and oxygen atoms in total. The van der Waals surface area contributed by atoms with Gasteiger partial charge in [-0.05, 0) is 54.8 Å². The summed E-state index contributed by atoms with van der Waals surface area (Å²) in [7, 11) is 0. The fraction of sp³-hybridized carbons (Fsp3) is 0.294.